The predicted molar refractivity (Wildman–Crippen MR) is 50.7 cm³/mol. The van der Waals surface area contributed by atoms with E-state index in [1.165, 1.54) is 0 Å². The van der Waals surface area contributed by atoms with E-state index < -0.39 is 15.8 Å². The molecule has 86 valence electrons. The number of hydrogen-bond acceptors (Lipinski definition) is 3. The summed E-state index contributed by atoms with van der Waals surface area (Å²) in [6, 6.07) is 0.307. The highest BCUT2D eigenvalue weighted by Crippen LogP contribution is 2.00. The van der Waals surface area contributed by atoms with Gasteiger partial charge in [0.25, 0.3) is 10.0 Å². The molecule has 0 radical (unpaired) electrons. The van der Waals surface area contributed by atoms with Gasteiger partial charge in [-0.25, -0.2) is 13.1 Å². The van der Waals surface area contributed by atoms with Crippen molar-refractivity contribution in [2.75, 3.05) is 13.1 Å². The predicted octanol–water partition coefficient (Wildman–Crippen LogP) is 0.516. The monoisotopic (exact) mass is 230 g/mol. The fourth-order valence-electron chi connectivity index (χ4n) is 0.757. The first-order chi connectivity index (χ1) is 6.36. The SMILES string of the molecule is CC(C)NCCCNS(=O)(=O)C(F)F. The van der Waals surface area contributed by atoms with Gasteiger partial charge in [-0.15, -0.1) is 0 Å². The average molecular weight is 230 g/mol. The molecule has 7 heteroatoms. The van der Waals surface area contributed by atoms with E-state index in [-0.39, 0.29) is 6.54 Å². The van der Waals surface area contributed by atoms with Crippen molar-refractivity contribution in [2.24, 2.45) is 0 Å². The van der Waals surface area contributed by atoms with Crippen LogP contribution in [0.25, 0.3) is 0 Å². The van der Waals surface area contributed by atoms with Gasteiger partial charge < -0.3 is 5.32 Å². The molecular weight excluding hydrogens is 214 g/mol. The van der Waals surface area contributed by atoms with Crippen LogP contribution in [0, 0.1) is 0 Å². The van der Waals surface area contributed by atoms with Gasteiger partial charge in [0.2, 0.25) is 0 Å². The van der Waals surface area contributed by atoms with Crippen molar-refractivity contribution in [3.05, 3.63) is 0 Å². The molecule has 14 heavy (non-hydrogen) atoms. The Balaban J connectivity index is 3.55. The molecular formula is C7H16F2N2O2S. The Morgan fingerprint density at radius 2 is 1.79 bits per heavy atom. The van der Waals surface area contributed by atoms with Gasteiger partial charge in [0.1, 0.15) is 0 Å². The van der Waals surface area contributed by atoms with E-state index in [0.717, 1.165) is 0 Å². The largest absolute Gasteiger partial charge is 0.350 e. The molecule has 0 fully saturated rings. The number of hydrogen-bond donors (Lipinski definition) is 2. The Hall–Kier alpha value is -0.270. The summed E-state index contributed by atoms with van der Waals surface area (Å²) in [6.07, 6.45) is 0.490. The van der Waals surface area contributed by atoms with E-state index in [9.17, 15) is 17.2 Å². The van der Waals surface area contributed by atoms with Crippen molar-refractivity contribution in [3.63, 3.8) is 0 Å². The summed E-state index contributed by atoms with van der Waals surface area (Å²) in [6.45, 7) is 4.53. The van der Waals surface area contributed by atoms with Crippen LogP contribution in [0.15, 0.2) is 0 Å². The van der Waals surface area contributed by atoms with Crippen molar-refractivity contribution >= 4 is 10.0 Å². The van der Waals surface area contributed by atoms with Crippen LogP contribution < -0.4 is 10.0 Å². The maximum Gasteiger partial charge on any atom is 0.350 e. The van der Waals surface area contributed by atoms with Crippen molar-refractivity contribution in [1.29, 1.82) is 0 Å². The number of rotatable bonds is 7. The molecule has 0 aliphatic heterocycles. The van der Waals surface area contributed by atoms with Gasteiger partial charge in [-0.1, -0.05) is 13.8 Å². The van der Waals surface area contributed by atoms with E-state index in [1.54, 1.807) is 0 Å². The number of halogens is 2. The lowest BCUT2D eigenvalue weighted by molar-refractivity contribution is 0.232. The van der Waals surface area contributed by atoms with Gasteiger partial charge in [0.05, 0.1) is 0 Å². The topological polar surface area (TPSA) is 58.2 Å². The van der Waals surface area contributed by atoms with E-state index in [2.05, 4.69) is 5.32 Å². The van der Waals surface area contributed by atoms with Crippen LogP contribution in [0.5, 0.6) is 0 Å². The van der Waals surface area contributed by atoms with E-state index in [1.807, 2.05) is 18.6 Å². The molecule has 0 rings (SSSR count). The lowest BCUT2D eigenvalue weighted by Gasteiger charge is -2.08. The molecule has 0 bridgehead atoms. The van der Waals surface area contributed by atoms with E-state index >= 15 is 0 Å². The molecule has 0 atom stereocenters. The highest BCUT2D eigenvalue weighted by Gasteiger charge is 2.22. The molecule has 0 spiro atoms. The van der Waals surface area contributed by atoms with Gasteiger partial charge in [-0.3, -0.25) is 0 Å². The third-order valence-electron chi connectivity index (χ3n) is 1.44. The first-order valence-corrected chi connectivity index (χ1v) is 5.91. The molecule has 2 N–H and O–H groups in total. The van der Waals surface area contributed by atoms with Gasteiger partial charge in [0, 0.05) is 12.6 Å². The molecule has 0 saturated carbocycles. The lowest BCUT2D eigenvalue weighted by Crippen LogP contribution is -2.32. The zero-order chi connectivity index (χ0) is 11.2. The minimum absolute atomic E-state index is 0.0341. The molecule has 0 saturated heterocycles. The molecule has 0 aromatic heterocycles. The second-order valence-corrected chi connectivity index (χ2v) is 4.90. The van der Waals surface area contributed by atoms with Crippen LogP contribution in [0.3, 0.4) is 0 Å². The van der Waals surface area contributed by atoms with Crippen LogP contribution in [0.1, 0.15) is 20.3 Å². The molecule has 0 heterocycles. The van der Waals surface area contributed by atoms with Crippen molar-refractivity contribution in [2.45, 2.75) is 32.1 Å². The smallest absolute Gasteiger partial charge is 0.314 e. The minimum atomic E-state index is -4.41. The normalized spacial score (nSPS) is 12.7. The zero-order valence-electron chi connectivity index (χ0n) is 8.26. The van der Waals surface area contributed by atoms with Gasteiger partial charge in [-0.2, -0.15) is 8.78 Å². The maximum absolute atomic E-state index is 11.8. The zero-order valence-corrected chi connectivity index (χ0v) is 9.07. The summed E-state index contributed by atoms with van der Waals surface area (Å²) in [7, 11) is -4.41. The fourth-order valence-corrected chi connectivity index (χ4v) is 1.31. The first-order valence-electron chi connectivity index (χ1n) is 4.36. The van der Waals surface area contributed by atoms with Crippen molar-refractivity contribution in [1.82, 2.24) is 10.0 Å². The third kappa shape index (κ3) is 6.22. The van der Waals surface area contributed by atoms with Gasteiger partial charge in [-0.05, 0) is 13.0 Å². The average Bonchev–Trinajstić information content (AvgIpc) is 2.02. The number of nitrogens with one attached hydrogen (secondary N) is 2. The van der Waals surface area contributed by atoms with E-state index in [0.29, 0.717) is 19.0 Å². The molecule has 0 unspecified atom stereocenters. The minimum Gasteiger partial charge on any atom is -0.314 e. The van der Waals surface area contributed by atoms with Crippen LogP contribution >= 0.6 is 0 Å². The summed E-state index contributed by atoms with van der Waals surface area (Å²) in [5, 5.41) is 3.04. The molecule has 0 aromatic rings. The van der Waals surface area contributed by atoms with E-state index in [4.69, 9.17) is 0 Å². The Morgan fingerprint density at radius 1 is 1.21 bits per heavy atom. The van der Waals surface area contributed by atoms with Gasteiger partial charge >= 0.3 is 5.76 Å². The molecule has 0 aliphatic rings. The van der Waals surface area contributed by atoms with Gasteiger partial charge in [0.15, 0.2) is 0 Å². The molecule has 0 aromatic carbocycles. The second-order valence-electron chi connectivity index (χ2n) is 3.16. The van der Waals surface area contributed by atoms with Crippen LogP contribution in [0.2, 0.25) is 0 Å². The highest BCUT2D eigenvalue weighted by atomic mass is 32.2. The quantitative estimate of drug-likeness (QED) is 0.627. The maximum atomic E-state index is 11.8. The highest BCUT2D eigenvalue weighted by molar-refractivity contribution is 7.89. The summed E-state index contributed by atoms with van der Waals surface area (Å²) in [5.74, 6) is -3.35. The Bertz CT molecular complexity index is 242. The number of alkyl halides is 2. The fraction of sp³-hybridized carbons (Fsp3) is 1.00. The van der Waals surface area contributed by atoms with Crippen LogP contribution in [-0.4, -0.2) is 33.3 Å². The summed E-state index contributed by atoms with van der Waals surface area (Å²) >= 11 is 0. The summed E-state index contributed by atoms with van der Waals surface area (Å²) < 4.78 is 46.5. The summed E-state index contributed by atoms with van der Waals surface area (Å²) in [4.78, 5) is 0. The lowest BCUT2D eigenvalue weighted by atomic mass is 10.3. The van der Waals surface area contributed by atoms with Crippen LogP contribution in [0.4, 0.5) is 8.78 Å². The Labute approximate surface area is 83.1 Å². The second kappa shape index (κ2) is 6.26. The Kier molecular flexibility index (Phi) is 6.14. The van der Waals surface area contributed by atoms with Crippen molar-refractivity contribution in [3.8, 4) is 0 Å². The molecule has 0 aliphatic carbocycles. The third-order valence-corrected chi connectivity index (χ3v) is 2.52. The van der Waals surface area contributed by atoms with Crippen molar-refractivity contribution < 1.29 is 17.2 Å². The first kappa shape index (κ1) is 13.7. The standard InChI is InChI=1S/C7H16F2N2O2S/c1-6(2)10-4-3-5-11-14(12,13)7(8)9/h6-7,10-11H,3-5H2,1-2H3. The molecule has 4 nitrogen and oxygen atoms in total. The summed E-state index contributed by atoms with van der Waals surface area (Å²) in [5.41, 5.74) is 0. The molecule has 0 amide bonds. The Morgan fingerprint density at radius 3 is 2.21 bits per heavy atom. The number of sulfonamides is 1. The van der Waals surface area contributed by atoms with Crippen LogP contribution in [-0.2, 0) is 10.0 Å².